The lowest BCUT2D eigenvalue weighted by Crippen LogP contribution is -2.64. The van der Waals surface area contributed by atoms with Crippen LogP contribution in [0.2, 0.25) is 0 Å². The first kappa shape index (κ1) is 17.6. The van der Waals surface area contributed by atoms with Crippen LogP contribution in [0.4, 0.5) is 0 Å². The van der Waals surface area contributed by atoms with E-state index in [9.17, 15) is 9.59 Å². The Balaban J connectivity index is 0.00000200. The molecule has 0 aromatic heterocycles. The standard InChI is InChI=1S/C13H23N3O2S.ClH/c1-13(2)12(18)15(3)5-6-16(13)11(17)8-10-9-19-7-4-14-10;/h10,14H,4-9H2,1-3H3;1H. The summed E-state index contributed by atoms with van der Waals surface area (Å²) in [5, 5.41) is 3.37. The van der Waals surface area contributed by atoms with Crippen LogP contribution in [-0.2, 0) is 9.59 Å². The number of piperazine rings is 1. The molecule has 0 radical (unpaired) electrons. The Bertz CT molecular complexity index is 373. The van der Waals surface area contributed by atoms with Crippen LogP contribution >= 0.6 is 24.2 Å². The lowest BCUT2D eigenvalue weighted by atomic mass is 9.96. The van der Waals surface area contributed by atoms with Crippen molar-refractivity contribution in [1.29, 1.82) is 0 Å². The normalized spacial score (nSPS) is 26.1. The summed E-state index contributed by atoms with van der Waals surface area (Å²) in [6.07, 6.45) is 0.493. The highest BCUT2D eigenvalue weighted by Crippen LogP contribution is 2.23. The molecule has 0 saturated carbocycles. The molecule has 0 aromatic rings. The Morgan fingerprint density at radius 2 is 2.15 bits per heavy atom. The summed E-state index contributed by atoms with van der Waals surface area (Å²) < 4.78 is 0. The third kappa shape index (κ3) is 3.59. The molecule has 2 aliphatic rings. The third-order valence-electron chi connectivity index (χ3n) is 3.92. The number of hydrogen-bond donors (Lipinski definition) is 1. The molecule has 0 aromatic carbocycles. The molecule has 0 spiro atoms. The van der Waals surface area contributed by atoms with Crippen molar-refractivity contribution in [2.24, 2.45) is 0 Å². The van der Waals surface area contributed by atoms with E-state index in [4.69, 9.17) is 0 Å². The molecule has 1 atom stereocenters. The molecule has 2 aliphatic heterocycles. The Kier molecular flexibility index (Phi) is 6.16. The van der Waals surface area contributed by atoms with E-state index < -0.39 is 5.54 Å². The van der Waals surface area contributed by atoms with E-state index in [0.29, 0.717) is 19.5 Å². The van der Waals surface area contributed by atoms with Gasteiger partial charge in [0.2, 0.25) is 11.8 Å². The molecular formula is C13H24ClN3O2S. The number of likely N-dealkylation sites (N-methyl/N-ethyl adjacent to an activating group) is 1. The first-order valence-electron chi connectivity index (χ1n) is 6.80. The van der Waals surface area contributed by atoms with Crippen molar-refractivity contribution in [3.8, 4) is 0 Å². The molecule has 0 aliphatic carbocycles. The minimum Gasteiger partial charge on any atom is -0.342 e. The Hall–Kier alpha value is -0.460. The number of carbonyl (C=O) groups is 2. The van der Waals surface area contributed by atoms with E-state index in [1.54, 1.807) is 16.8 Å². The van der Waals surface area contributed by atoms with Crippen molar-refractivity contribution in [2.75, 3.05) is 38.2 Å². The Morgan fingerprint density at radius 1 is 1.45 bits per heavy atom. The minimum absolute atomic E-state index is 0. The third-order valence-corrected chi connectivity index (χ3v) is 5.06. The quantitative estimate of drug-likeness (QED) is 0.808. The van der Waals surface area contributed by atoms with Gasteiger partial charge in [0.1, 0.15) is 5.54 Å². The molecule has 7 heteroatoms. The highest BCUT2D eigenvalue weighted by molar-refractivity contribution is 7.99. The zero-order chi connectivity index (χ0) is 14.0. The average molecular weight is 322 g/mol. The van der Waals surface area contributed by atoms with Gasteiger partial charge in [-0.05, 0) is 13.8 Å². The number of hydrogen-bond acceptors (Lipinski definition) is 4. The fourth-order valence-corrected chi connectivity index (χ4v) is 3.67. The van der Waals surface area contributed by atoms with Crippen molar-refractivity contribution in [1.82, 2.24) is 15.1 Å². The molecule has 0 bridgehead atoms. The second kappa shape index (κ2) is 7.00. The number of amides is 2. The number of nitrogens with one attached hydrogen (secondary N) is 1. The number of halogens is 1. The molecule has 2 amide bonds. The number of rotatable bonds is 2. The predicted molar refractivity (Wildman–Crippen MR) is 84.4 cm³/mol. The van der Waals surface area contributed by atoms with Crippen LogP contribution in [0.25, 0.3) is 0 Å². The number of carbonyl (C=O) groups excluding carboxylic acids is 2. The SMILES string of the molecule is CN1CCN(C(=O)CC2CSCCN2)C(C)(C)C1=O.Cl. The average Bonchev–Trinajstić information content (AvgIpc) is 2.37. The van der Waals surface area contributed by atoms with Gasteiger partial charge in [-0.3, -0.25) is 9.59 Å². The van der Waals surface area contributed by atoms with Gasteiger partial charge in [0.25, 0.3) is 0 Å². The summed E-state index contributed by atoms with van der Waals surface area (Å²) in [6.45, 7) is 5.90. The van der Waals surface area contributed by atoms with Crippen molar-refractivity contribution >= 4 is 36.0 Å². The summed E-state index contributed by atoms with van der Waals surface area (Å²) in [6, 6.07) is 0.247. The van der Waals surface area contributed by atoms with Crippen molar-refractivity contribution in [3.05, 3.63) is 0 Å². The van der Waals surface area contributed by atoms with Crippen molar-refractivity contribution in [2.45, 2.75) is 31.8 Å². The molecule has 116 valence electrons. The maximum atomic E-state index is 12.4. The topological polar surface area (TPSA) is 52.6 Å². The second-order valence-corrected chi connectivity index (χ2v) is 6.91. The largest absolute Gasteiger partial charge is 0.342 e. The van der Waals surface area contributed by atoms with Gasteiger partial charge in [-0.15, -0.1) is 12.4 Å². The summed E-state index contributed by atoms with van der Waals surface area (Å²) in [4.78, 5) is 28.1. The van der Waals surface area contributed by atoms with Crippen LogP contribution < -0.4 is 5.32 Å². The minimum atomic E-state index is -0.716. The van der Waals surface area contributed by atoms with E-state index in [0.717, 1.165) is 18.1 Å². The molecule has 2 saturated heterocycles. The van der Waals surface area contributed by atoms with E-state index in [1.165, 1.54) is 0 Å². The zero-order valence-corrected chi connectivity index (χ0v) is 14.0. The highest BCUT2D eigenvalue weighted by atomic mass is 35.5. The molecule has 1 N–H and O–H groups in total. The fourth-order valence-electron chi connectivity index (χ4n) is 2.72. The van der Waals surface area contributed by atoms with Crippen LogP contribution in [0.3, 0.4) is 0 Å². The van der Waals surface area contributed by atoms with Crippen molar-refractivity contribution in [3.63, 3.8) is 0 Å². The van der Waals surface area contributed by atoms with Gasteiger partial charge < -0.3 is 15.1 Å². The zero-order valence-electron chi connectivity index (χ0n) is 12.3. The Morgan fingerprint density at radius 3 is 2.75 bits per heavy atom. The number of thioether (sulfide) groups is 1. The monoisotopic (exact) mass is 321 g/mol. The molecule has 5 nitrogen and oxygen atoms in total. The highest BCUT2D eigenvalue weighted by Gasteiger charge is 2.43. The first-order valence-corrected chi connectivity index (χ1v) is 7.95. The lowest BCUT2D eigenvalue weighted by molar-refractivity contribution is -0.157. The fraction of sp³-hybridized carbons (Fsp3) is 0.846. The second-order valence-electron chi connectivity index (χ2n) is 5.76. The molecule has 1 unspecified atom stereocenters. The molecule has 2 heterocycles. The van der Waals surface area contributed by atoms with E-state index in [1.807, 2.05) is 25.6 Å². The Labute approximate surface area is 131 Å². The summed E-state index contributed by atoms with van der Waals surface area (Å²) in [5.41, 5.74) is -0.716. The van der Waals surface area contributed by atoms with Crippen LogP contribution in [0.15, 0.2) is 0 Å². The van der Waals surface area contributed by atoms with E-state index in [2.05, 4.69) is 5.32 Å². The maximum absolute atomic E-state index is 12.4. The predicted octanol–water partition coefficient (Wildman–Crippen LogP) is 0.582. The van der Waals surface area contributed by atoms with Crippen LogP contribution in [0.1, 0.15) is 20.3 Å². The van der Waals surface area contributed by atoms with Crippen molar-refractivity contribution < 1.29 is 9.59 Å². The van der Waals surface area contributed by atoms with Gasteiger partial charge in [-0.25, -0.2) is 0 Å². The molecular weight excluding hydrogens is 298 g/mol. The van der Waals surface area contributed by atoms with Crippen LogP contribution in [0.5, 0.6) is 0 Å². The molecule has 2 rings (SSSR count). The van der Waals surface area contributed by atoms with Crippen LogP contribution in [0, 0.1) is 0 Å². The van der Waals surface area contributed by atoms with Gasteiger partial charge in [0.05, 0.1) is 0 Å². The van der Waals surface area contributed by atoms with Gasteiger partial charge in [0, 0.05) is 50.7 Å². The lowest BCUT2D eigenvalue weighted by Gasteiger charge is -2.45. The van der Waals surface area contributed by atoms with E-state index >= 15 is 0 Å². The summed E-state index contributed by atoms with van der Waals surface area (Å²) in [5.74, 6) is 2.21. The summed E-state index contributed by atoms with van der Waals surface area (Å²) in [7, 11) is 1.80. The number of nitrogens with zero attached hydrogens (tertiary/aromatic N) is 2. The first-order chi connectivity index (χ1) is 8.93. The van der Waals surface area contributed by atoms with Crippen LogP contribution in [-0.4, -0.2) is 71.4 Å². The van der Waals surface area contributed by atoms with E-state index in [-0.39, 0.29) is 30.3 Å². The van der Waals surface area contributed by atoms with Gasteiger partial charge >= 0.3 is 0 Å². The van der Waals surface area contributed by atoms with Gasteiger partial charge in [-0.1, -0.05) is 0 Å². The summed E-state index contributed by atoms with van der Waals surface area (Å²) >= 11 is 1.88. The van der Waals surface area contributed by atoms with Gasteiger partial charge in [-0.2, -0.15) is 11.8 Å². The smallest absolute Gasteiger partial charge is 0.247 e. The maximum Gasteiger partial charge on any atom is 0.247 e. The molecule has 20 heavy (non-hydrogen) atoms. The van der Waals surface area contributed by atoms with Gasteiger partial charge in [0.15, 0.2) is 0 Å². The molecule has 2 fully saturated rings.